The molecule has 1 aromatic heterocycles. The smallest absolute Gasteiger partial charge is 0.264 e. The molecule has 150 valence electrons. The number of thioether (sulfide) groups is 2. The van der Waals surface area contributed by atoms with Crippen molar-refractivity contribution in [2.75, 3.05) is 28.6 Å². The fraction of sp³-hybridized carbons (Fsp3) is 0.111. The SMILES string of the molecule is CSc1ccccc1NC(=O)CSc1nnc(N/N=C/c2ccccc2F)n1N. The number of rotatable bonds is 8. The minimum atomic E-state index is -0.391. The number of nitrogen functional groups attached to an aromatic ring is 1. The number of halogens is 1. The lowest BCUT2D eigenvalue weighted by atomic mass is 10.2. The third kappa shape index (κ3) is 5.48. The number of para-hydroxylation sites is 1. The van der Waals surface area contributed by atoms with Crippen LogP contribution in [0.3, 0.4) is 0 Å². The van der Waals surface area contributed by atoms with Crippen molar-refractivity contribution in [3.63, 3.8) is 0 Å². The number of nitrogens with one attached hydrogen (secondary N) is 2. The van der Waals surface area contributed by atoms with Gasteiger partial charge in [0.05, 0.1) is 17.7 Å². The molecule has 0 saturated carbocycles. The predicted octanol–water partition coefficient (Wildman–Crippen LogP) is 3.03. The van der Waals surface area contributed by atoms with Crippen LogP contribution in [0, 0.1) is 5.82 Å². The third-order valence-corrected chi connectivity index (χ3v) is 5.39. The zero-order chi connectivity index (χ0) is 20.6. The Hall–Kier alpha value is -3.05. The number of nitrogens with zero attached hydrogens (tertiary/aromatic N) is 4. The number of anilines is 2. The summed E-state index contributed by atoms with van der Waals surface area (Å²) in [6.45, 7) is 0. The van der Waals surface area contributed by atoms with Crippen molar-refractivity contribution in [2.24, 2.45) is 5.10 Å². The number of hydrogen-bond acceptors (Lipinski definition) is 8. The molecule has 29 heavy (non-hydrogen) atoms. The zero-order valence-corrected chi connectivity index (χ0v) is 17.0. The molecule has 8 nitrogen and oxygen atoms in total. The summed E-state index contributed by atoms with van der Waals surface area (Å²) in [4.78, 5) is 13.2. The van der Waals surface area contributed by atoms with Gasteiger partial charge in [-0.3, -0.25) is 4.79 Å². The molecule has 0 spiro atoms. The minimum Gasteiger partial charge on any atom is -0.334 e. The van der Waals surface area contributed by atoms with Gasteiger partial charge in [0.25, 0.3) is 5.95 Å². The van der Waals surface area contributed by atoms with E-state index < -0.39 is 5.82 Å². The molecule has 0 aliphatic heterocycles. The van der Waals surface area contributed by atoms with Crippen molar-refractivity contribution in [1.29, 1.82) is 0 Å². The Kier molecular flexibility index (Phi) is 7.09. The fourth-order valence-electron chi connectivity index (χ4n) is 2.26. The van der Waals surface area contributed by atoms with E-state index in [-0.39, 0.29) is 17.6 Å². The second-order valence-electron chi connectivity index (χ2n) is 5.60. The van der Waals surface area contributed by atoms with E-state index in [1.54, 1.807) is 30.0 Å². The van der Waals surface area contributed by atoms with E-state index in [0.717, 1.165) is 22.3 Å². The van der Waals surface area contributed by atoms with E-state index in [9.17, 15) is 9.18 Å². The van der Waals surface area contributed by atoms with Crippen LogP contribution in [-0.4, -0.2) is 39.0 Å². The van der Waals surface area contributed by atoms with Gasteiger partial charge in [-0.2, -0.15) is 5.10 Å². The predicted molar refractivity (Wildman–Crippen MR) is 115 cm³/mol. The standard InChI is InChI=1S/C18H18FN7OS2/c1-28-15-9-5-4-8-14(15)22-16(27)11-29-18-25-24-17(26(18)20)23-21-10-12-6-2-3-7-13(12)19/h2-10H,11,20H2,1H3,(H,22,27)(H,23,24)/b21-10+. The van der Waals surface area contributed by atoms with E-state index in [1.165, 1.54) is 17.0 Å². The highest BCUT2D eigenvalue weighted by molar-refractivity contribution is 7.99. The maximum atomic E-state index is 13.6. The molecule has 0 unspecified atom stereocenters. The number of aromatic nitrogens is 3. The van der Waals surface area contributed by atoms with Gasteiger partial charge in [0.1, 0.15) is 5.82 Å². The van der Waals surface area contributed by atoms with Crippen LogP contribution >= 0.6 is 23.5 Å². The highest BCUT2D eigenvalue weighted by atomic mass is 32.2. The molecule has 3 rings (SSSR count). The van der Waals surface area contributed by atoms with Gasteiger partial charge in [-0.05, 0) is 24.5 Å². The third-order valence-electron chi connectivity index (χ3n) is 3.65. The van der Waals surface area contributed by atoms with Crippen LogP contribution in [0.25, 0.3) is 0 Å². The molecule has 1 heterocycles. The molecule has 1 amide bonds. The second-order valence-corrected chi connectivity index (χ2v) is 7.40. The van der Waals surface area contributed by atoms with Gasteiger partial charge < -0.3 is 11.2 Å². The van der Waals surface area contributed by atoms with Crippen LogP contribution in [0.15, 0.2) is 63.7 Å². The number of benzene rings is 2. The molecule has 4 N–H and O–H groups in total. The summed E-state index contributed by atoms with van der Waals surface area (Å²) in [5.41, 5.74) is 3.68. The molecule has 3 aromatic rings. The van der Waals surface area contributed by atoms with E-state index in [2.05, 4.69) is 26.0 Å². The maximum absolute atomic E-state index is 13.6. The Morgan fingerprint density at radius 3 is 2.79 bits per heavy atom. The summed E-state index contributed by atoms with van der Waals surface area (Å²) in [5.74, 6) is 5.61. The molecule has 2 aromatic carbocycles. The first-order chi connectivity index (χ1) is 14.1. The monoisotopic (exact) mass is 431 g/mol. The first-order valence-electron chi connectivity index (χ1n) is 8.38. The van der Waals surface area contributed by atoms with Gasteiger partial charge in [0.2, 0.25) is 11.1 Å². The summed E-state index contributed by atoms with van der Waals surface area (Å²) in [6, 6.07) is 13.8. The maximum Gasteiger partial charge on any atom is 0.264 e. The lowest BCUT2D eigenvalue weighted by Crippen LogP contribution is -2.17. The van der Waals surface area contributed by atoms with E-state index in [1.807, 2.05) is 30.5 Å². The molecule has 0 aliphatic rings. The summed E-state index contributed by atoms with van der Waals surface area (Å²) in [5, 5.41) is 14.9. The number of carbonyl (C=O) groups is 1. The van der Waals surface area contributed by atoms with Crippen molar-refractivity contribution < 1.29 is 9.18 Å². The normalized spacial score (nSPS) is 11.0. The van der Waals surface area contributed by atoms with Gasteiger partial charge in [-0.15, -0.1) is 22.0 Å². The summed E-state index contributed by atoms with van der Waals surface area (Å²) in [6.07, 6.45) is 3.26. The van der Waals surface area contributed by atoms with Crippen LogP contribution in [0.4, 0.5) is 16.0 Å². The average Bonchev–Trinajstić information content (AvgIpc) is 3.08. The molecular formula is C18H18FN7OS2. The first-order valence-corrected chi connectivity index (χ1v) is 10.6. The van der Waals surface area contributed by atoms with Crippen molar-refractivity contribution in [3.8, 4) is 0 Å². The van der Waals surface area contributed by atoms with E-state index >= 15 is 0 Å². The van der Waals surface area contributed by atoms with Crippen LogP contribution < -0.4 is 16.6 Å². The lowest BCUT2D eigenvalue weighted by Gasteiger charge is -2.08. The summed E-state index contributed by atoms with van der Waals surface area (Å²) >= 11 is 2.69. The van der Waals surface area contributed by atoms with Crippen molar-refractivity contribution in [3.05, 3.63) is 59.9 Å². The number of hydrazone groups is 1. The zero-order valence-electron chi connectivity index (χ0n) is 15.4. The topological polar surface area (TPSA) is 110 Å². The molecule has 11 heteroatoms. The summed E-state index contributed by atoms with van der Waals surface area (Å²) < 4.78 is 14.7. The van der Waals surface area contributed by atoms with Crippen molar-refractivity contribution >= 4 is 47.3 Å². The molecule has 0 aliphatic carbocycles. The van der Waals surface area contributed by atoms with Gasteiger partial charge in [-0.1, -0.05) is 42.1 Å². The van der Waals surface area contributed by atoms with Crippen LogP contribution in [0.2, 0.25) is 0 Å². The Morgan fingerprint density at radius 1 is 1.24 bits per heavy atom. The number of hydrogen-bond donors (Lipinski definition) is 3. The lowest BCUT2D eigenvalue weighted by molar-refractivity contribution is -0.113. The highest BCUT2D eigenvalue weighted by Crippen LogP contribution is 2.25. The summed E-state index contributed by atoms with van der Waals surface area (Å²) in [7, 11) is 0. The van der Waals surface area contributed by atoms with E-state index in [0.29, 0.717) is 10.7 Å². The molecule has 0 saturated heterocycles. The quantitative estimate of drug-likeness (QED) is 0.218. The Morgan fingerprint density at radius 2 is 2.00 bits per heavy atom. The van der Waals surface area contributed by atoms with Gasteiger partial charge >= 0.3 is 0 Å². The van der Waals surface area contributed by atoms with Gasteiger partial charge in [-0.25, -0.2) is 14.5 Å². The average molecular weight is 432 g/mol. The second kappa shape index (κ2) is 9.94. The van der Waals surface area contributed by atoms with Crippen LogP contribution in [0.1, 0.15) is 5.56 Å². The Balaban J connectivity index is 1.55. The van der Waals surface area contributed by atoms with Crippen LogP contribution in [0.5, 0.6) is 0 Å². The molecule has 0 atom stereocenters. The number of amides is 1. The molecule has 0 radical (unpaired) electrons. The number of carbonyl (C=O) groups excluding carboxylic acids is 1. The molecule has 0 bridgehead atoms. The first kappa shape index (κ1) is 20.7. The van der Waals surface area contributed by atoms with E-state index in [4.69, 9.17) is 5.84 Å². The Labute approximate surface area is 175 Å². The Bertz CT molecular complexity index is 1020. The molecular weight excluding hydrogens is 413 g/mol. The van der Waals surface area contributed by atoms with Crippen molar-refractivity contribution in [1.82, 2.24) is 14.9 Å². The fourth-order valence-corrected chi connectivity index (χ4v) is 3.47. The highest BCUT2D eigenvalue weighted by Gasteiger charge is 2.13. The van der Waals surface area contributed by atoms with Gasteiger partial charge in [0, 0.05) is 10.5 Å². The molecule has 0 fully saturated rings. The number of nitrogens with two attached hydrogens (primary N) is 1. The van der Waals surface area contributed by atoms with Crippen molar-refractivity contribution in [2.45, 2.75) is 10.1 Å². The minimum absolute atomic E-state index is 0.108. The van der Waals surface area contributed by atoms with Gasteiger partial charge in [0.15, 0.2) is 0 Å². The largest absolute Gasteiger partial charge is 0.334 e. The van der Waals surface area contributed by atoms with Crippen LogP contribution in [-0.2, 0) is 4.79 Å².